The summed E-state index contributed by atoms with van der Waals surface area (Å²) >= 11 is 6.22. The van der Waals surface area contributed by atoms with Crippen molar-refractivity contribution in [2.45, 2.75) is 26.3 Å². The van der Waals surface area contributed by atoms with Gasteiger partial charge in [-0.15, -0.1) is 0 Å². The van der Waals surface area contributed by atoms with Crippen molar-refractivity contribution >= 4 is 38.2 Å². The summed E-state index contributed by atoms with van der Waals surface area (Å²) in [4.78, 5) is 0. The first-order valence-corrected chi connectivity index (χ1v) is 10.8. The molecule has 0 saturated carbocycles. The maximum atomic E-state index is 11.6. The lowest BCUT2D eigenvalue weighted by molar-refractivity contribution is 0.548. The second-order valence-electron chi connectivity index (χ2n) is 6.62. The second-order valence-corrected chi connectivity index (χ2v) is 8.78. The van der Waals surface area contributed by atoms with Gasteiger partial charge in [0.25, 0.3) is 0 Å². The number of halogens is 1. The monoisotopic (exact) mass is 401 g/mol. The maximum absolute atomic E-state index is 11.6. The van der Waals surface area contributed by atoms with Gasteiger partial charge in [-0.1, -0.05) is 30.7 Å². The normalized spacial score (nSPS) is 12.7. The standard InChI is InChI=1S/C20H20ClN3O2S/c1-4-13(2)24-12-18(14-5-6-15(11-22)19(21)9-14)17-8-7-16(10-20(17)24)23-27(3,25)26/h5-10,12-13,23H,4H2,1-3H3/t13-/m1/s1. The molecule has 1 atom stereocenters. The van der Waals surface area contributed by atoms with Crippen LogP contribution in [-0.4, -0.2) is 19.2 Å². The Hall–Kier alpha value is -2.49. The van der Waals surface area contributed by atoms with Crippen LogP contribution in [0, 0.1) is 11.3 Å². The van der Waals surface area contributed by atoms with Crippen LogP contribution in [0.5, 0.6) is 0 Å². The summed E-state index contributed by atoms with van der Waals surface area (Å²) in [5.74, 6) is 0. The van der Waals surface area contributed by atoms with Gasteiger partial charge in [-0.2, -0.15) is 5.26 Å². The molecule has 27 heavy (non-hydrogen) atoms. The third-order valence-corrected chi connectivity index (χ3v) is 5.52. The SMILES string of the molecule is CC[C@@H](C)n1cc(-c2ccc(C#N)c(Cl)c2)c2ccc(NS(C)(=O)=O)cc21. The fraction of sp³-hybridized carbons (Fsp3) is 0.250. The molecule has 0 spiro atoms. The zero-order chi connectivity index (χ0) is 19.8. The molecule has 0 aliphatic carbocycles. The van der Waals surface area contributed by atoms with Crippen molar-refractivity contribution in [3.05, 3.63) is 53.2 Å². The number of hydrogen-bond acceptors (Lipinski definition) is 3. The Balaban J connectivity index is 2.22. The van der Waals surface area contributed by atoms with Gasteiger partial charge in [-0.25, -0.2) is 8.42 Å². The minimum Gasteiger partial charge on any atom is -0.344 e. The molecule has 0 unspecified atom stereocenters. The van der Waals surface area contributed by atoms with Gasteiger partial charge in [0.2, 0.25) is 10.0 Å². The fourth-order valence-corrected chi connectivity index (χ4v) is 3.87. The number of aromatic nitrogens is 1. The molecule has 0 amide bonds. The summed E-state index contributed by atoms with van der Waals surface area (Å²) in [5, 5.41) is 10.5. The number of nitriles is 1. The Morgan fingerprint density at radius 3 is 2.59 bits per heavy atom. The number of nitrogens with one attached hydrogen (secondary N) is 1. The zero-order valence-electron chi connectivity index (χ0n) is 15.3. The third kappa shape index (κ3) is 3.95. The summed E-state index contributed by atoms with van der Waals surface area (Å²) in [6.07, 6.45) is 4.12. The van der Waals surface area contributed by atoms with Gasteiger partial charge in [-0.05, 0) is 43.2 Å². The highest BCUT2D eigenvalue weighted by molar-refractivity contribution is 7.92. The molecule has 5 nitrogen and oxygen atoms in total. The van der Waals surface area contributed by atoms with E-state index in [2.05, 4.69) is 35.4 Å². The van der Waals surface area contributed by atoms with Crippen molar-refractivity contribution in [2.24, 2.45) is 0 Å². The van der Waals surface area contributed by atoms with E-state index in [4.69, 9.17) is 16.9 Å². The van der Waals surface area contributed by atoms with Crippen molar-refractivity contribution in [1.29, 1.82) is 5.26 Å². The summed E-state index contributed by atoms with van der Waals surface area (Å²) in [6.45, 7) is 4.22. The summed E-state index contributed by atoms with van der Waals surface area (Å²) in [7, 11) is -3.35. The summed E-state index contributed by atoms with van der Waals surface area (Å²) in [5.41, 5.74) is 3.80. The van der Waals surface area contributed by atoms with Crippen LogP contribution in [0.25, 0.3) is 22.0 Å². The lowest BCUT2D eigenvalue weighted by Crippen LogP contribution is -2.09. The molecule has 0 bridgehead atoms. The van der Waals surface area contributed by atoms with Gasteiger partial charge < -0.3 is 4.57 Å². The Bertz CT molecular complexity index is 1160. The maximum Gasteiger partial charge on any atom is 0.229 e. The number of sulfonamides is 1. The van der Waals surface area contributed by atoms with Gasteiger partial charge in [0.1, 0.15) is 6.07 Å². The molecule has 0 aliphatic rings. The minimum absolute atomic E-state index is 0.239. The van der Waals surface area contributed by atoms with E-state index in [0.29, 0.717) is 16.3 Å². The predicted molar refractivity (Wildman–Crippen MR) is 111 cm³/mol. The molecule has 7 heteroatoms. The van der Waals surface area contributed by atoms with Crippen LogP contribution in [0.15, 0.2) is 42.6 Å². The molecular formula is C20H20ClN3O2S. The van der Waals surface area contributed by atoms with Gasteiger partial charge in [0.05, 0.1) is 28.0 Å². The number of benzene rings is 2. The lowest BCUT2D eigenvalue weighted by atomic mass is 10.0. The second kappa shape index (κ2) is 7.26. The number of rotatable bonds is 5. The van der Waals surface area contributed by atoms with Crippen LogP contribution >= 0.6 is 11.6 Å². The molecular weight excluding hydrogens is 382 g/mol. The molecule has 140 valence electrons. The Morgan fingerprint density at radius 1 is 1.26 bits per heavy atom. The van der Waals surface area contributed by atoms with E-state index in [1.807, 2.05) is 18.2 Å². The quantitative estimate of drug-likeness (QED) is 0.640. The van der Waals surface area contributed by atoms with Crippen LogP contribution in [0.1, 0.15) is 31.9 Å². The van der Waals surface area contributed by atoms with Crippen molar-refractivity contribution in [2.75, 3.05) is 11.0 Å². The first-order valence-electron chi connectivity index (χ1n) is 8.56. The van der Waals surface area contributed by atoms with Crippen molar-refractivity contribution in [3.63, 3.8) is 0 Å². The third-order valence-electron chi connectivity index (χ3n) is 4.60. The highest BCUT2D eigenvalue weighted by Gasteiger charge is 2.16. The first-order chi connectivity index (χ1) is 12.7. The molecule has 1 N–H and O–H groups in total. The minimum atomic E-state index is -3.35. The largest absolute Gasteiger partial charge is 0.344 e. The molecule has 3 aromatic rings. The average Bonchev–Trinajstić information content (AvgIpc) is 2.98. The molecule has 0 fully saturated rings. The molecule has 0 radical (unpaired) electrons. The van der Waals surface area contributed by atoms with E-state index in [0.717, 1.165) is 34.7 Å². The van der Waals surface area contributed by atoms with Crippen molar-refractivity contribution in [3.8, 4) is 17.2 Å². The number of hydrogen-bond donors (Lipinski definition) is 1. The summed E-state index contributed by atoms with van der Waals surface area (Å²) in [6, 6.07) is 13.2. The predicted octanol–water partition coefficient (Wildman–Crippen LogP) is 5.18. The van der Waals surface area contributed by atoms with Crippen LogP contribution in [0.3, 0.4) is 0 Å². The topological polar surface area (TPSA) is 74.9 Å². The highest BCUT2D eigenvalue weighted by atomic mass is 35.5. The molecule has 0 aliphatic heterocycles. The van der Waals surface area contributed by atoms with Crippen LogP contribution in [0.2, 0.25) is 5.02 Å². The summed E-state index contributed by atoms with van der Waals surface area (Å²) < 4.78 is 27.8. The van der Waals surface area contributed by atoms with E-state index in [9.17, 15) is 8.42 Å². The molecule has 1 heterocycles. The Labute approximate surface area is 164 Å². The Kier molecular flexibility index (Phi) is 5.18. The zero-order valence-corrected chi connectivity index (χ0v) is 16.9. The first kappa shape index (κ1) is 19.3. The van der Waals surface area contributed by atoms with Crippen molar-refractivity contribution in [1.82, 2.24) is 4.57 Å². The van der Waals surface area contributed by atoms with Crippen LogP contribution in [0.4, 0.5) is 5.69 Å². The molecule has 3 rings (SSSR count). The van der Waals surface area contributed by atoms with Crippen LogP contribution in [-0.2, 0) is 10.0 Å². The van der Waals surface area contributed by atoms with E-state index >= 15 is 0 Å². The lowest BCUT2D eigenvalue weighted by Gasteiger charge is -2.13. The van der Waals surface area contributed by atoms with Gasteiger partial charge in [-0.3, -0.25) is 4.72 Å². The van der Waals surface area contributed by atoms with Crippen LogP contribution < -0.4 is 4.72 Å². The van der Waals surface area contributed by atoms with E-state index < -0.39 is 10.0 Å². The smallest absolute Gasteiger partial charge is 0.229 e. The Morgan fingerprint density at radius 2 is 2.00 bits per heavy atom. The molecule has 1 aromatic heterocycles. The highest BCUT2D eigenvalue weighted by Crippen LogP contribution is 2.36. The number of anilines is 1. The van der Waals surface area contributed by atoms with E-state index in [1.165, 1.54) is 0 Å². The molecule has 0 saturated heterocycles. The fourth-order valence-electron chi connectivity index (χ4n) is 3.09. The molecule has 2 aromatic carbocycles. The van der Waals surface area contributed by atoms with Crippen molar-refractivity contribution < 1.29 is 8.42 Å². The van der Waals surface area contributed by atoms with E-state index in [-0.39, 0.29) is 6.04 Å². The average molecular weight is 402 g/mol. The van der Waals surface area contributed by atoms with E-state index in [1.54, 1.807) is 18.2 Å². The van der Waals surface area contributed by atoms with Gasteiger partial charge >= 0.3 is 0 Å². The van der Waals surface area contributed by atoms with Gasteiger partial charge in [0, 0.05) is 23.2 Å². The number of fused-ring (bicyclic) bond motifs is 1. The number of nitrogens with zero attached hydrogens (tertiary/aromatic N) is 2. The van der Waals surface area contributed by atoms with Gasteiger partial charge in [0.15, 0.2) is 0 Å².